The van der Waals surface area contributed by atoms with Crippen molar-refractivity contribution >= 4 is 11.7 Å². The number of anilines is 1. The lowest BCUT2D eigenvalue weighted by molar-refractivity contribution is -0.116. The van der Waals surface area contributed by atoms with Gasteiger partial charge in [0.1, 0.15) is 5.82 Å². The van der Waals surface area contributed by atoms with Crippen molar-refractivity contribution in [2.75, 3.05) is 25.0 Å². The molecule has 180 valence electrons. The first-order chi connectivity index (χ1) is 16.1. The summed E-state index contributed by atoms with van der Waals surface area (Å²) in [6.45, 7) is 7.81. The largest absolute Gasteiger partial charge is 0.311 e. The summed E-state index contributed by atoms with van der Waals surface area (Å²) >= 11 is 0. The minimum Gasteiger partial charge on any atom is -0.311 e. The molecule has 1 aromatic heterocycles. The molecule has 2 aliphatic rings. The van der Waals surface area contributed by atoms with Crippen LogP contribution in [0.2, 0.25) is 0 Å². The van der Waals surface area contributed by atoms with Gasteiger partial charge in [0.05, 0.1) is 12.2 Å². The van der Waals surface area contributed by atoms with Crippen molar-refractivity contribution in [3.63, 3.8) is 0 Å². The number of hydrogen-bond donors (Lipinski definition) is 3. The van der Waals surface area contributed by atoms with E-state index in [2.05, 4.69) is 52.1 Å². The fraction of sp³-hybridized carbons (Fsp3) is 0.615. The molecule has 1 aromatic carbocycles. The van der Waals surface area contributed by atoms with Gasteiger partial charge in [-0.1, -0.05) is 44.2 Å². The normalized spacial score (nSPS) is 22.2. The lowest BCUT2D eigenvalue weighted by Gasteiger charge is -2.34. The number of nitrogens with zero attached hydrogens (tertiary/aromatic N) is 3. The van der Waals surface area contributed by atoms with Crippen molar-refractivity contribution in [2.24, 2.45) is 5.92 Å². The Balaban J connectivity index is 1.19. The summed E-state index contributed by atoms with van der Waals surface area (Å²) in [4.78, 5) is 15.1. The maximum absolute atomic E-state index is 12.5. The fourth-order valence-electron chi connectivity index (χ4n) is 5.21. The van der Waals surface area contributed by atoms with E-state index >= 15 is 0 Å². The Kier molecular flexibility index (Phi) is 8.53. The zero-order valence-electron chi connectivity index (χ0n) is 20.2. The predicted molar refractivity (Wildman–Crippen MR) is 133 cm³/mol. The van der Waals surface area contributed by atoms with Gasteiger partial charge in [-0.15, -0.1) is 0 Å². The van der Waals surface area contributed by atoms with E-state index in [1.54, 1.807) is 6.20 Å². The Bertz CT molecular complexity index is 859. The van der Waals surface area contributed by atoms with Gasteiger partial charge in [0, 0.05) is 44.2 Å². The number of likely N-dealkylation sites (tertiary alicyclic amines) is 1. The minimum atomic E-state index is 0.0703. The van der Waals surface area contributed by atoms with E-state index in [4.69, 9.17) is 0 Å². The molecular formula is C26H40N6O. The quantitative estimate of drug-likeness (QED) is 0.512. The first kappa shape index (κ1) is 23.9. The molecule has 4 rings (SSSR count). The van der Waals surface area contributed by atoms with Gasteiger partial charge in [-0.05, 0) is 50.0 Å². The highest BCUT2D eigenvalue weighted by atomic mass is 16.1. The van der Waals surface area contributed by atoms with E-state index in [0.29, 0.717) is 24.5 Å². The van der Waals surface area contributed by atoms with Gasteiger partial charge in [0.25, 0.3) is 0 Å². The zero-order chi connectivity index (χ0) is 23.0. The van der Waals surface area contributed by atoms with Crippen LogP contribution < -0.4 is 16.2 Å². The Morgan fingerprint density at radius 3 is 2.64 bits per heavy atom. The molecule has 1 amide bonds. The monoisotopic (exact) mass is 452 g/mol. The van der Waals surface area contributed by atoms with Gasteiger partial charge in [-0.25, -0.2) is 4.68 Å². The van der Waals surface area contributed by atoms with Crippen molar-refractivity contribution in [2.45, 2.75) is 76.9 Å². The van der Waals surface area contributed by atoms with Crippen LogP contribution in [0.4, 0.5) is 5.82 Å². The third-order valence-electron chi connectivity index (χ3n) is 6.85. The summed E-state index contributed by atoms with van der Waals surface area (Å²) in [6, 6.07) is 13.7. The summed E-state index contributed by atoms with van der Waals surface area (Å²) < 4.78 is 2.03. The zero-order valence-corrected chi connectivity index (χ0v) is 20.2. The second-order valence-electron chi connectivity index (χ2n) is 10.1. The molecule has 2 aliphatic heterocycles. The summed E-state index contributed by atoms with van der Waals surface area (Å²) in [5, 5.41) is 7.64. The molecule has 7 heteroatoms. The van der Waals surface area contributed by atoms with Gasteiger partial charge in [0.15, 0.2) is 0 Å². The van der Waals surface area contributed by atoms with Gasteiger partial charge in [-0.2, -0.15) is 5.10 Å². The van der Waals surface area contributed by atoms with E-state index in [1.807, 2.05) is 28.9 Å². The Morgan fingerprint density at radius 2 is 1.88 bits per heavy atom. The number of hydrazine groups is 1. The maximum atomic E-state index is 12.5. The van der Waals surface area contributed by atoms with Crippen LogP contribution >= 0.6 is 0 Å². The van der Waals surface area contributed by atoms with Crippen LogP contribution in [-0.4, -0.2) is 52.3 Å². The van der Waals surface area contributed by atoms with Crippen LogP contribution in [0, 0.1) is 5.92 Å². The van der Waals surface area contributed by atoms with Crippen LogP contribution in [0.15, 0.2) is 42.6 Å². The lowest BCUT2D eigenvalue weighted by atomic mass is 9.99. The van der Waals surface area contributed by atoms with Crippen LogP contribution in [0.3, 0.4) is 0 Å². The smallest absolute Gasteiger partial charge is 0.225 e. The number of hydrogen-bond acceptors (Lipinski definition) is 5. The highest BCUT2D eigenvalue weighted by Gasteiger charge is 2.28. The molecule has 2 atom stereocenters. The standard InChI is InChI=1S/C26H40N6O/c1-20(2)17-22-18-23(30-29-22)19-31-15-12-24(13-16-31)32-25(11-14-27-32)28-26(33)10-6-9-21-7-4-3-5-8-21/h3-5,7-8,11,14,20,22-24,29-30H,6,9-10,12-13,15-19H2,1-2H3,(H,28,33). The molecule has 0 radical (unpaired) electrons. The third kappa shape index (κ3) is 7.13. The summed E-state index contributed by atoms with van der Waals surface area (Å²) in [6.07, 6.45) is 8.67. The number of rotatable bonds is 10. The highest BCUT2D eigenvalue weighted by Crippen LogP contribution is 2.26. The molecule has 2 fully saturated rings. The molecule has 0 spiro atoms. The Hall–Kier alpha value is -2.22. The minimum absolute atomic E-state index is 0.0703. The van der Waals surface area contributed by atoms with E-state index in [0.717, 1.165) is 57.1 Å². The molecule has 3 heterocycles. The molecule has 33 heavy (non-hydrogen) atoms. The van der Waals surface area contributed by atoms with Crippen molar-refractivity contribution in [3.8, 4) is 0 Å². The third-order valence-corrected chi connectivity index (χ3v) is 6.85. The molecule has 0 saturated carbocycles. The summed E-state index contributed by atoms with van der Waals surface area (Å²) in [5.74, 6) is 1.63. The molecule has 3 N–H and O–H groups in total. The topological polar surface area (TPSA) is 74.2 Å². The van der Waals surface area contributed by atoms with Crippen molar-refractivity contribution in [3.05, 3.63) is 48.2 Å². The molecular weight excluding hydrogens is 412 g/mol. The first-order valence-electron chi connectivity index (χ1n) is 12.7. The molecule has 0 aliphatic carbocycles. The molecule has 2 saturated heterocycles. The van der Waals surface area contributed by atoms with Gasteiger partial charge in [0.2, 0.25) is 5.91 Å². The molecule has 2 unspecified atom stereocenters. The molecule has 0 bridgehead atoms. The molecule has 2 aromatic rings. The average molecular weight is 453 g/mol. The van der Waals surface area contributed by atoms with Gasteiger partial charge >= 0.3 is 0 Å². The van der Waals surface area contributed by atoms with Crippen molar-refractivity contribution in [1.82, 2.24) is 25.5 Å². The number of aromatic nitrogens is 2. The van der Waals surface area contributed by atoms with E-state index in [1.165, 1.54) is 18.4 Å². The Morgan fingerprint density at radius 1 is 1.12 bits per heavy atom. The average Bonchev–Trinajstić information content (AvgIpc) is 3.44. The first-order valence-corrected chi connectivity index (χ1v) is 12.7. The van der Waals surface area contributed by atoms with Crippen LogP contribution in [0.1, 0.15) is 64.0 Å². The van der Waals surface area contributed by atoms with Crippen molar-refractivity contribution in [1.29, 1.82) is 0 Å². The number of aryl methyl sites for hydroxylation is 1. The van der Waals surface area contributed by atoms with Crippen LogP contribution in [0.5, 0.6) is 0 Å². The van der Waals surface area contributed by atoms with Gasteiger partial charge < -0.3 is 10.2 Å². The number of amides is 1. The highest BCUT2D eigenvalue weighted by molar-refractivity contribution is 5.89. The SMILES string of the molecule is CC(C)CC1CC(CN2CCC(n3nccc3NC(=O)CCCc3ccccc3)CC2)NN1. The fourth-order valence-corrected chi connectivity index (χ4v) is 5.21. The van der Waals surface area contributed by atoms with E-state index in [-0.39, 0.29) is 5.91 Å². The van der Waals surface area contributed by atoms with Gasteiger partial charge in [-0.3, -0.25) is 15.6 Å². The summed E-state index contributed by atoms with van der Waals surface area (Å²) in [5.41, 5.74) is 8.26. The second kappa shape index (κ2) is 11.8. The van der Waals surface area contributed by atoms with E-state index < -0.39 is 0 Å². The van der Waals surface area contributed by atoms with Crippen LogP contribution in [0.25, 0.3) is 0 Å². The number of benzene rings is 1. The predicted octanol–water partition coefficient (Wildman–Crippen LogP) is 3.76. The number of nitrogens with one attached hydrogen (secondary N) is 3. The van der Waals surface area contributed by atoms with Crippen molar-refractivity contribution < 1.29 is 4.79 Å². The summed E-state index contributed by atoms with van der Waals surface area (Å²) in [7, 11) is 0. The maximum Gasteiger partial charge on any atom is 0.225 e. The molecule has 7 nitrogen and oxygen atoms in total. The number of carbonyl (C=O) groups is 1. The number of piperidine rings is 1. The van der Waals surface area contributed by atoms with E-state index in [9.17, 15) is 4.79 Å². The number of carbonyl (C=O) groups excluding carboxylic acids is 1. The second-order valence-corrected chi connectivity index (χ2v) is 10.1. The van der Waals surface area contributed by atoms with Crippen LogP contribution in [-0.2, 0) is 11.2 Å². The lowest BCUT2D eigenvalue weighted by Crippen LogP contribution is -2.44. The Labute approximate surface area is 198 Å².